The SMILES string of the molecule is CN(C)CCNC(=O)c1ccc(OC2CCN(Cc3ccsc3)CC2)c(Cl)c1. The number of rotatable bonds is 8. The average molecular weight is 422 g/mol. The van der Waals surface area contributed by atoms with Crippen molar-refractivity contribution in [2.24, 2.45) is 0 Å². The van der Waals surface area contributed by atoms with Crippen LogP contribution in [-0.4, -0.2) is 62.1 Å². The second-order valence-electron chi connectivity index (χ2n) is 7.43. The summed E-state index contributed by atoms with van der Waals surface area (Å²) in [4.78, 5) is 16.7. The van der Waals surface area contributed by atoms with E-state index in [0.717, 1.165) is 39.0 Å². The van der Waals surface area contributed by atoms with Gasteiger partial charge in [-0.05, 0) is 67.5 Å². The summed E-state index contributed by atoms with van der Waals surface area (Å²) in [6.07, 6.45) is 2.12. The largest absolute Gasteiger partial charge is 0.489 e. The molecule has 1 N–H and O–H groups in total. The second kappa shape index (κ2) is 10.3. The van der Waals surface area contributed by atoms with Crippen LogP contribution in [-0.2, 0) is 6.54 Å². The summed E-state index contributed by atoms with van der Waals surface area (Å²) < 4.78 is 6.12. The highest BCUT2D eigenvalue weighted by Crippen LogP contribution is 2.28. The van der Waals surface area contributed by atoms with Crippen molar-refractivity contribution in [1.29, 1.82) is 0 Å². The Morgan fingerprint density at radius 3 is 2.75 bits per heavy atom. The summed E-state index contributed by atoms with van der Waals surface area (Å²) in [6.45, 7) is 4.45. The van der Waals surface area contributed by atoms with Gasteiger partial charge in [0.2, 0.25) is 0 Å². The van der Waals surface area contributed by atoms with Gasteiger partial charge in [0.05, 0.1) is 5.02 Å². The topological polar surface area (TPSA) is 44.8 Å². The highest BCUT2D eigenvalue weighted by Gasteiger charge is 2.21. The number of ether oxygens (including phenoxy) is 1. The molecule has 1 aromatic carbocycles. The van der Waals surface area contributed by atoms with Crippen molar-refractivity contribution in [3.05, 3.63) is 51.2 Å². The molecule has 1 aromatic heterocycles. The third-order valence-corrected chi connectivity index (χ3v) is 5.88. The number of hydrogen-bond donors (Lipinski definition) is 1. The zero-order valence-electron chi connectivity index (χ0n) is 16.5. The van der Waals surface area contributed by atoms with Crippen LogP contribution in [0.25, 0.3) is 0 Å². The Labute approximate surface area is 176 Å². The molecule has 1 aliphatic heterocycles. The monoisotopic (exact) mass is 421 g/mol. The number of likely N-dealkylation sites (tertiary alicyclic amines) is 1. The molecule has 3 rings (SSSR count). The maximum Gasteiger partial charge on any atom is 0.251 e. The molecule has 0 bridgehead atoms. The number of piperidine rings is 1. The molecule has 152 valence electrons. The second-order valence-corrected chi connectivity index (χ2v) is 8.62. The molecule has 2 heterocycles. The molecule has 0 spiro atoms. The van der Waals surface area contributed by atoms with Gasteiger partial charge in [-0.1, -0.05) is 11.6 Å². The summed E-state index contributed by atoms with van der Waals surface area (Å²) in [5.74, 6) is 0.542. The van der Waals surface area contributed by atoms with E-state index in [9.17, 15) is 4.79 Å². The van der Waals surface area contributed by atoms with Crippen LogP contribution < -0.4 is 10.1 Å². The highest BCUT2D eigenvalue weighted by molar-refractivity contribution is 7.07. The third kappa shape index (κ3) is 6.21. The smallest absolute Gasteiger partial charge is 0.251 e. The molecular weight excluding hydrogens is 394 g/mol. The first-order valence-corrected chi connectivity index (χ1v) is 11.0. The van der Waals surface area contributed by atoms with Crippen LogP contribution in [0.1, 0.15) is 28.8 Å². The fourth-order valence-corrected chi connectivity index (χ4v) is 4.12. The fourth-order valence-electron chi connectivity index (χ4n) is 3.24. The molecule has 0 saturated carbocycles. The lowest BCUT2D eigenvalue weighted by Crippen LogP contribution is -2.37. The normalized spacial score (nSPS) is 15.7. The molecule has 1 amide bonds. The van der Waals surface area contributed by atoms with Gasteiger partial charge in [-0.25, -0.2) is 0 Å². The van der Waals surface area contributed by atoms with Crippen molar-refractivity contribution < 1.29 is 9.53 Å². The average Bonchev–Trinajstić information content (AvgIpc) is 3.17. The Hall–Kier alpha value is -1.60. The van der Waals surface area contributed by atoms with E-state index in [4.69, 9.17) is 16.3 Å². The summed E-state index contributed by atoms with van der Waals surface area (Å²) in [7, 11) is 3.95. The Bertz CT molecular complexity index is 759. The van der Waals surface area contributed by atoms with E-state index in [1.165, 1.54) is 5.56 Å². The quantitative estimate of drug-likeness (QED) is 0.705. The van der Waals surface area contributed by atoms with Gasteiger partial charge < -0.3 is 15.0 Å². The van der Waals surface area contributed by atoms with Crippen LogP contribution in [0, 0.1) is 0 Å². The Kier molecular flexibility index (Phi) is 7.73. The lowest BCUT2D eigenvalue weighted by Gasteiger charge is -2.32. The number of hydrogen-bond acceptors (Lipinski definition) is 5. The lowest BCUT2D eigenvalue weighted by atomic mass is 10.1. The molecule has 0 atom stereocenters. The number of amides is 1. The van der Waals surface area contributed by atoms with Gasteiger partial charge in [-0.2, -0.15) is 11.3 Å². The van der Waals surface area contributed by atoms with E-state index in [0.29, 0.717) is 22.9 Å². The molecule has 5 nitrogen and oxygen atoms in total. The number of likely N-dealkylation sites (N-methyl/N-ethyl adjacent to an activating group) is 1. The molecule has 0 unspecified atom stereocenters. The summed E-state index contributed by atoms with van der Waals surface area (Å²) >= 11 is 8.12. The molecule has 1 aliphatic rings. The van der Waals surface area contributed by atoms with E-state index in [2.05, 4.69) is 27.0 Å². The van der Waals surface area contributed by atoms with Crippen LogP contribution >= 0.6 is 22.9 Å². The van der Waals surface area contributed by atoms with E-state index in [1.54, 1.807) is 29.5 Å². The first kappa shape index (κ1) is 21.1. The number of thiophene rings is 1. The first-order valence-electron chi connectivity index (χ1n) is 9.64. The molecule has 1 saturated heterocycles. The molecule has 7 heteroatoms. The Morgan fingerprint density at radius 2 is 2.11 bits per heavy atom. The maximum absolute atomic E-state index is 12.2. The van der Waals surface area contributed by atoms with E-state index in [-0.39, 0.29) is 12.0 Å². The first-order chi connectivity index (χ1) is 13.5. The van der Waals surface area contributed by atoms with Gasteiger partial charge in [0.15, 0.2) is 0 Å². The molecule has 0 radical (unpaired) electrons. The van der Waals surface area contributed by atoms with Crippen molar-refractivity contribution in [2.45, 2.75) is 25.5 Å². The minimum atomic E-state index is -0.114. The van der Waals surface area contributed by atoms with E-state index >= 15 is 0 Å². The van der Waals surface area contributed by atoms with Crippen LogP contribution in [0.4, 0.5) is 0 Å². The van der Waals surface area contributed by atoms with Crippen molar-refractivity contribution in [1.82, 2.24) is 15.1 Å². The van der Waals surface area contributed by atoms with Crippen molar-refractivity contribution >= 4 is 28.8 Å². The minimum Gasteiger partial charge on any atom is -0.489 e. The summed E-state index contributed by atoms with van der Waals surface area (Å²) in [6, 6.07) is 7.46. The maximum atomic E-state index is 12.2. The molecule has 1 fully saturated rings. The molecule has 28 heavy (non-hydrogen) atoms. The van der Waals surface area contributed by atoms with Crippen LogP contribution in [0.5, 0.6) is 5.75 Å². The van der Waals surface area contributed by atoms with Crippen molar-refractivity contribution in [3.63, 3.8) is 0 Å². The number of carbonyl (C=O) groups is 1. The van der Waals surface area contributed by atoms with Gasteiger partial charge >= 0.3 is 0 Å². The highest BCUT2D eigenvalue weighted by atomic mass is 35.5. The molecule has 2 aromatic rings. The zero-order valence-corrected chi connectivity index (χ0v) is 18.1. The Balaban J connectivity index is 1.47. The van der Waals surface area contributed by atoms with Crippen molar-refractivity contribution in [3.8, 4) is 5.75 Å². The fraction of sp³-hybridized carbons (Fsp3) is 0.476. The number of halogens is 1. The minimum absolute atomic E-state index is 0.114. The number of nitrogens with one attached hydrogen (secondary N) is 1. The number of benzene rings is 1. The van der Waals surface area contributed by atoms with Gasteiger partial charge in [0, 0.05) is 38.3 Å². The molecule has 0 aliphatic carbocycles. The predicted molar refractivity (Wildman–Crippen MR) is 116 cm³/mol. The van der Waals surface area contributed by atoms with Gasteiger partial charge in [-0.3, -0.25) is 9.69 Å². The van der Waals surface area contributed by atoms with E-state index < -0.39 is 0 Å². The third-order valence-electron chi connectivity index (χ3n) is 4.85. The number of carbonyl (C=O) groups excluding carboxylic acids is 1. The summed E-state index contributed by atoms with van der Waals surface area (Å²) in [5, 5.41) is 7.72. The van der Waals surface area contributed by atoms with Crippen LogP contribution in [0.2, 0.25) is 5.02 Å². The lowest BCUT2D eigenvalue weighted by molar-refractivity contribution is 0.0948. The Morgan fingerprint density at radius 1 is 1.32 bits per heavy atom. The van der Waals surface area contributed by atoms with Gasteiger partial charge in [0.25, 0.3) is 5.91 Å². The number of nitrogens with zero attached hydrogens (tertiary/aromatic N) is 2. The zero-order chi connectivity index (χ0) is 19.9. The molecular formula is C21H28ClN3O2S. The predicted octanol–water partition coefficient (Wildman–Crippen LogP) is 3.74. The van der Waals surface area contributed by atoms with Crippen molar-refractivity contribution in [2.75, 3.05) is 40.3 Å². The standard InChI is InChI=1S/C21H28ClN3O2S/c1-24(2)11-8-23-21(26)17-3-4-20(19(22)13-17)27-18-5-9-25(10-6-18)14-16-7-12-28-15-16/h3-4,7,12-13,15,18H,5-6,8-11,14H2,1-2H3,(H,23,26). The van der Waals surface area contributed by atoms with E-state index in [1.807, 2.05) is 19.0 Å². The van der Waals surface area contributed by atoms with Crippen LogP contribution in [0.15, 0.2) is 35.0 Å². The van der Waals surface area contributed by atoms with Gasteiger partial charge in [-0.15, -0.1) is 0 Å². The van der Waals surface area contributed by atoms with Gasteiger partial charge in [0.1, 0.15) is 11.9 Å². The van der Waals surface area contributed by atoms with Crippen LogP contribution in [0.3, 0.4) is 0 Å². The summed E-state index contributed by atoms with van der Waals surface area (Å²) in [5.41, 5.74) is 1.94.